The number of carbonyl (C=O) groups is 3. The quantitative estimate of drug-likeness (QED) is 0.212. The lowest BCUT2D eigenvalue weighted by atomic mass is 10.0. The molecule has 3 aromatic rings. The van der Waals surface area contributed by atoms with Crippen molar-refractivity contribution in [1.82, 2.24) is 19.6 Å². The van der Waals surface area contributed by atoms with Gasteiger partial charge in [0.05, 0.1) is 40.0 Å². The predicted octanol–water partition coefficient (Wildman–Crippen LogP) is 5.28. The first kappa shape index (κ1) is 32.0. The van der Waals surface area contributed by atoms with Gasteiger partial charge in [0.25, 0.3) is 11.6 Å². The van der Waals surface area contributed by atoms with Gasteiger partial charge in [0.1, 0.15) is 5.56 Å². The lowest BCUT2D eigenvalue weighted by molar-refractivity contribution is -0.385. The van der Waals surface area contributed by atoms with Crippen LogP contribution in [0.3, 0.4) is 0 Å². The summed E-state index contributed by atoms with van der Waals surface area (Å²) in [6, 6.07) is 10.4. The summed E-state index contributed by atoms with van der Waals surface area (Å²) in [5.41, 5.74) is -0.207. The molecular weight excluding hydrogens is 627 g/mol. The van der Waals surface area contributed by atoms with Crippen molar-refractivity contribution in [2.45, 2.75) is 32.9 Å². The van der Waals surface area contributed by atoms with E-state index in [0.717, 1.165) is 22.2 Å². The van der Waals surface area contributed by atoms with Crippen LogP contribution in [0.4, 0.5) is 32.5 Å². The normalized spacial score (nSPS) is 15.9. The summed E-state index contributed by atoms with van der Waals surface area (Å²) in [7, 11) is 2.01. The maximum atomic E-state index is 13.7. The Labute approximate surface area is 269 Å². The molecule has 0 spiro atoms. The van der Waals surface area contributed by atoms with Crippen molar-refractivity contribution in [1.29, 1.82) is 0 Å². The van der Waals surface area contributed by atoms with Crippen molar-refractivity contribution in [3.05, 3.63) is 74.4 Å². The molecule has 2 aliphatic heterocycles. The average Bonchev–Trinajstić information content (AvgIpc) is 3.51. The van der Waals surface area contributed by atoms with Gasteiger partial charge in [-0.2, -0.15) is 4.68 Å². The molecule has 2 aliphatic rings. The Bertz CT molecular complexity index is 1670. The molecule has 0 atom stereocenters. The zero-order valence-electron chi connectivity index (χ0n) is 25.1. The third kappa shape index (κ3) is 6.00. The number of hydrogen-bond donors (Lipinski definition) is 1. The van der Waals surface area contributed by atoms with Crippen LogP contribution in [-0.2, 0) is 16.8 Å². The van der Waals surface area contributed by atoms with Gasteiger partial charge in [0, 0.05) is 55.3 Å². The van der Waals surface area contributed by atoms with Gasteiger partial charge in [-0.25, -0.2) is 14.0 Å². The molecule has 1 aromatic heterocycles. The number of fused-ring (bicyclic) bond motifs is 1. The van der Waals surface area contributed by atoms with Crippen molar-refractivity contribution >= 4 is 64.3 Å². The number of likely N-dealkylation sites (N-methyl/N-ethyl adjacent to an activating group) is 1. The largest absolute Gasteiger partial charge is 0.448 e. The number of amides is 3. The number of nitrogens with one attached hydrogen (secondary N) is 1. The Balaban J connectivity index is 1.48. The van der Waals surface area contributed by atoms with Crippen molar-refractivity contribution < 1.29 is 24.0 Å². The summed E-state index contributed by atoms with van der Waals surface area (Å²) in [5.74, 6) is -0.858. The van der Waals surface area contributed by atoms with Gasteiger partial charge in [-0.1, -0.05) is 23.7 Å². The maximum absolute atomic E-state index is 13.7. The number of piperazine rings is 1. The molecule has 0 aliphatic carbocycles. The Morgan fingerprint density at radius 2 is 1.82 bits per heavy atom. The van der Waals surface area contributed by atoms with Crippen LogP contribution in [0.15, 0.2) is 42.5 Å². The standard InChI is InChI=1S/C29H32Cl2N8O6/c1-5-45-28(42)38-24-20(17-36(29(24,2)3)27(41)37(31)22-9-7-6-8-21(22)30)25(33-38)32-26(40)19-11-10-18(16-23(19)39(43)44)35-14-12-34(4)13-15-35/h6-11,16H,5,12-15,17H2,1-4H3,(H,32,33,40). The molecule has 0 saturated carbocycles. The second kappa shape index (κ2) is 12.5. The fourth-order valence-corrected chi connectivity index (χ4v) is 6.06. The SMILES string of the molecule is CCOC(=O)n1nc(NC(=O)c2ccc(N3CCN(C)CC3)cc2[N+](=O)[O-])c2c1C(C)(C)N(C(=O)N(Cl)c1ccccc1Cl)C2. The van der Waals surface area contributed by atoms with Crippen molar-refractivity contribution in [2.75, 3.05) is 54.5 Å². The highest BCUT2D eigenvalue weighted by molar-refractivity contribution is 6.41. The minimum absolute atomic E-state index is 0.0477. The van der Waals surface area contributed by atoms with Gasteiger partial charge in [-0.15, -0.1) is 5.10 Å². The molecule has 14 nitrogen and oxygen atoms in total. The Morgan fingerprint density at radius 3 is 2.47 bits per heavy atom. The minimum Gasteiger partial charge on any atom is -0.448 e. The summed E-state index contributed by atoms with van der Waals surface area (Å²) in [6.45, 7) is 7.96. The fraction of sp³-hybridized carbons (Fsp3) is 0.379. The Morgan fingerprint density at radius 1 is 1.13 bits per heavy atom. The number of rotatable bonds is 6. The molecule has 2 aromatic carbocycles. The molecule has 0 radical (unpaired) electrons. The maximum Gasteiger partial charge on any atom is 0.435 e. The molecular formula is C29H32Cl2N8O6. The highest BCUT2D eigenvalue weighted by Gasteiger charge is 2.48. The number of hydrogen-bond acceptors (Lipinski definition) is 9. The second-order valence-corrected chi connectivity index (χ2v) is 11.9. The molecule has 16 heteroatoms. The number of nitro benzene ring substituents is 1. The molecule has 1 fully saturated rings. The van der Waals surface area contributed by atoms with Crippen LogP contribution in [0.1, 0.15) is 42.4 Å². The first-order valence-corrected chi connectivity index (χ1v) is 14.9. The first-order chi connectivity index (χ1) is 21.3. The van der Waals surface area contributed by atoms with Crippen LogP contribution < -0.4 is 14.6 Å². The lowest BCUT2D eigenvalue weighted by Crippen LogP contribution is -2.46. The summed E-state index contributed by atoms with van der Waals surface area (Å²) in [5, 5.41) is 19.3. The third-order valence-corrected chi connectivity index (χ3v) is 8.63. The Kier molecular flexibility index (Phi) is 8.92. The van der Waals surface area contributed by atoms with Gasteiger partial charge in [-0.05, 0) is 52.1 Å². The summed E-state index contributed by atoms with van der Waals surface area (Å²) >= 11 is 12.7. The molecule has 3 amide bonds. The van der Waals surface area contributed by atoms with Crippen LogP contribution in [0.25, 0.3) is 0 Å². The number of ether oxygens (including phenoxy) is 1. The van der Waals surface area contributed by atoms with Gasteiger partial charge in [0.2, 0.25) is 0 Å². The van der Waals surface area contributed by atoms with E-state index in [1.54, 1.807) is 51.1 Å². The van der Waals surface area contributed by atoms with Crippen molar-refractivity contribution in [3.8, 4) is 0 Å². The number of benzene rings is 2. The first-order valence-electron chi connectivity index (χ1n) is 14.2. The molecule has 45 heavy (non-hydrogen) atoms. The number of para-hydroxylation sites is 1. The topological polar surface area (TPSA) is 146 Å². The number of carbonyl (C=O) groups excluding carboxylic acids is 3. The Hall–Kier alpha value is -4.40. The van der Waals surface area contributed by atoms with E-state index in [4.69, 9.17) is 28.1 Å². The molecule has 3 heterocycles. The van der Waals surface area contributed by atoms with Gasteiger partial charge < -0.3 is 24.8 Å². The van der Waals surface area contributed by atoms with E-state index in [0.29, 0.717) is 24.3 Å². The predicted molar refractivity (Wildman–Crippen MR) is 169 cm³/mol. The van der Waals surface area contributed by atoms with Gasteiger partial charge in [-0.3, -0.25) is 14.9 Å². The van der Waals surface area contributed by atoms with E-state index < -0.39 is 28.5 Å². The number of nitro groups is 1. The smallest absolute Gasteiger partial charge is 0.435 e. The van der Waals surface area contributed by atoms with Gasteiger partial charge in [0.15, 0.2) is 5.82 Å². The van der Waals surface area contributed by atoms with E-state index >= 15 is 0 Å². The van der Waals surface area contributed by atoms with Crippen LogP contribution in [-0.4, -0.2) is 82.4 Å². The summed E-state index contributed by atoms with van der Waals surface area (Å²) in [6.07, 6.45) is -0.826. The van der Waals surface area contributed by atoms with E-state index in [1.807, 2.05) is 11.9 Å². The molecule has 0 unspecified atom stereocenters. The van der Waals surface area contributed by atoms with E-state index in [-0.39, 0.29) is 46.6 Å². The van der Waals surface area contributed by atoms with Crippen LogP contribution >= 0.6 is 23.4 Å². The zero-order chi connectivity index (χ0) is 32.6. The van der Waals surface area contributed by atoms with Crippen LogP contribution in [0, 0.1) is 10.1 Å². The van der Waals surface area contributed by atoms with E-state index in [9.17, 15) is 24.5 Å². The highest BCUT2D eigenvalue weighted by atomic mass is 35.5. The second-order valence-electron chi connectivity index (χ2n) is 11.1. The summed E-state index contributed by atoms with van der Waals surface area (Å²) in [4.78, 5) is 57.3. The van der Waals surface area contributed by atoms with Crippen LogP contribution in [0.2, 0.25) is 5.02 Å². The van der Waals surface area contributed by atoms with E-state index in [2.05, 4.69) is 15.3 Å². The number of halogens is 2. The molecule has 1 N–H and O–H groups in total. The number of urea groups is 1. The van der Waals surface area contributed by atoms with Crippen molar-refractivity contribution in [3.63, 3.8) is 0 Å². The number of anilines is 3. The number of aromatic nitrogens is 2. The van der Waals surface area contributed by atoms with E-state index in [1.165, 1.54) is 17.0 Å². The third-order valence-electron chi connectivity index (χ3n) is 7.98. The molecule has 5 rings (SSSR count). The summed E-state index contributed by atoms with van der Waals surface area (Å²) < 4.78 is 7.06. The minimum atomic E-state index is -1.17. The molecule has 238 valence electrons. The highest BCUT2D eigenvalue weighted by Crippen LogP contribution is 2.44. The number of nitrogens with zero attached hydrogens (tertiary/aromatic N) is 7. The average molecular weight is 660 g/mol. The van der Waals surface area contributed by atoms with Crippen molar-refractivity contribution in [2.24, 2.45) is 0 Å². The zero-order valence-corrected chi connectivity index (χ0v) is 26.6. The monoisotopic (exact) mass is 658 g/mol. The molecule has 0 bridgehead atoms. The van der Waals surface area contributed by atoms with Crippen LogP contribution in [0.5, 0.6) is 0 Å². The van der Waals surface area contributed by atoms with Gasteiger partial charge >= 0.3 is 12.1 Å². The fourth-order valence-electron chi connectivity index (χ4n) is 5.56. The lowest BCUT2D eigenvalue weighted by Gasteiger charge is -2.34. The molecule has 1 saturated heterocycles.